The van der Waals surface area contributed by atoms with Gasteiger partial charge in [0.1, 0.15) is 11.5 Å². The van der Waals surface area contributed by atoms with Crippen LogP contribution in [0.25, 0.3) is 0 Å². The van der Waals surface area contributed by atoms with E-state index in [1.807, 2.05) is 6.92 Å². The number of benzene rings is 2. The molecule has 0 aliphatic heterocycles. The summed E-state index contributed by atoms with van der Waals surface area (Å²) in [6.07, 6.45) is -1.71. The zero-order valence-corrected chi connectivity index (χ0v) is 17.2. The molecule has 1 aliphatic rings. The molecule has 5 heteroatoms. The number of halogens is 3. The summed E-state index contributed by atoms with van der Waals surface area (Å²) in [4.78, 5) is 0. The molecule has 3 rings (SSSR count). The van der Waals surface area contributed by atoms with Crippen LogP contribution in [0, 0.1) is 27.7 Å². The van der Waals surface area contributed by atoms with Crippen LogP contribution in [0.5, 0.6) is 11.5 Å². The lowest BCUT2D eigenvalue weighted by Gasteiger charge is -2.41. The van der Waals surface area contributed by atoms with Crippen molar-refractivity contribution in [1.29, 1.82) is 0 Å². The summed E-state index contributed by atoms with van der Waals surface area (Å²) >= 11 is 0. The fourth-order valence-electron chi connectivity index (χ4n) is 4.36. The molecule has 2 aromatic carbocycles. The van der Waals surface area contributed by atoms with Crippen LogP contribution in [0.3, 0.4) is 0 Å². The number of aryl methyl sites for hydroxylation is 4. The van der Waals surface area contributed by atoms with Crippen molar-refractivity contribution >= 4 is 0 Å². The molecule has 0 atom stereocenters. The van der Waals surface area contributed by atoms with Crippen molar-refractivity contribution in [3.05, 3.63) is 80.9 Å². The highest BCUT2D eigenvalue weighted by Crippen LogP contribution is 2.53. The molecule has 0 heterocycles. The van der Waals surface area contributed by atoms with E-state index in [-0.39, 0.29) is 17.9 Å². The summed E-state index contributed by atoms with van der Waals surface area (Å²) < 4.78 is 42.9. The van der Waals surface area contributed by atoms with Crippen LogP contribution in [0.4, 0.5) is 13.2 Å². The Balaban J connectivity index is 2.46. The van der Waals surface area contributed by atoms with Gasteiger partial charge >= 0.3 is 6.18 Å². The number of phenolic OH excluding ortho intramolecular Hbond substituents is 2. The van der Waals surface area contributed by atoms with Gasteiger partial charge in [-0.15, -0.1) is 0 Å². The molecule has 0 radical (unpaired) electrons. The molecule has 0 spiro atoms. The molecule has 2 aromatic rings. The lowest BCUT2D eigenvalue weighted by Crippen LogP contribution is -2.39. The summed E-state index contributed by atoms with van der Waals surface area (Å²) in [6.45, 7) is 8.58. The molecule has 0 unspecified atom stereocenters. The van der Waals surface area contributed by atoms with Gasteiger partial charge in [-0.25, -0.2) is 0 Å². The monoisotopic (exact) mass is 402 g/mol. The number of phenols is 2. The third kappa shape index (κ3) is 3.43. The second kappa shape index (κ2) is 6.97. The second-order valence-electron chi connectivity index (χ2n) is 8.09. The molecule has 154 valence electrons. The van der Waals surface area contributed by atoms with Gasteiger partial charge in [0.25, 0.3) is 0 Å². The van der Waals surface area contributed by atoms with Crippen LogP contribution in [0.1, 0.15) is 46.7 Å². The van der Waals surface area contributed by atoms with Crippen molar-refractivity contribution in [3.8, 4) is 11.5 Å². The minimum atomic E-state index is -4.55. The fraction of sp³-hybridized carbons (Fsp3) is 0.333. The molecule has 0 fully saturated rings. The van der Waals surface area contributed by atoms with Crippen LogP contribution in [0.15, 0.2) is 47.6 Å². The highest BCUT2D eigenvalue weighted by Gasteiger charge is 2.51. The largest absolute Gasteiger partial charge is 0.507 e. The number of allylic oxidation sites excluding steroid dienone is 4. The summed E-state index contributed by atoms with van der Waals surface area (Å²) in [5.74, 6) is 0.171. The molecular formula is C24H25F3O2. The van der Waals surface area contributed by atoms with E-state index in [0.29, 0.717) is 33.4 Å². The molecule has 0 saturated heterocycles. The summed E-state index contributed by atoms with van der Waals surface area (Å²) in [5.41, 5.74) is 1.77. The van der Waals surface area contributed by atoms with Crippen molar-refractivity contribution in [2.24, 2.45) is 0 Å². The zero-order chi connectivity index (χ0) is 21.7. The van der Waals surface area contributed by atoms with Crippen LogP contribution < -0.4 is 0 Å². The third-order valence-corrected chi connectivity index (χ3v) is 5.81. The van der Waals surface area contributed by atoms with Gasteiger partial charge in [0.15, 0.2) is 0 Å². The Hall–Kier alpha value is -2.69. The van der Waals surface area contributed by atoms with E-state index in [1.54, 1.807) is 52.0 Å². The SMILES string of the molecule is CC1=CC=C(C(F)(F)F)C(c2cc(C)c(O)c(C)c2)(c2cc(C)c(O)c(C)c2)C1. The number of aromatic hydroxyl groups is 2. The molecule has 1 aliphatic carbocycles. The predicted molar refractivity (Wildman–Crippen MR) is 108 cm³/mol. The lowest BCUT2D eigenvalue weighted by molar-refractivity contribution is -0.0999. The van der Waals surface area contributed by atoms with Crippen LogP contribution in [-0.2, 0) is 5.41 Å². The summed E-state index contributed by atoms with van der Waals surface area (Å²) in [7, 11) is 0. The smallest absolute Gasteiger partial charge is 0.413 e. The fourth-order valence-corrected chi connectivity index (χ4v) is 4.36. The number of alkyl halides is 3. The maximum absolute atomic E-state index is 14.3. The van der Waals surface area contributed by atoms with E-state index in [1.165, 1.54) is 6.08 Å². The minimum absolute atomic E-state index is 0.0857. The molecule has 2 nitrogen and oxygen atoms in total. The zero-order valence-electron chi connectivity index (χ0n) is 17.2. The quantitative estimate of drug-likeness (QED) is 0.605. The van der Waals surface area contributed by atoms with Crippen LogP contribution in [-0.4, -0.2) is 16.4 Å². The van der Waals surface area contributed by atoms with Crippen molar-refractivity contribution in [1.82, 2.24) is 0 Å². The van der Waals surface area contributed by atoms with Gasteiger partial charge in [0.05, 0.1) is 5.41 Å². The van der Waals surface area contributed by atoms with Gasteiger partial charge in [0.2, 0.25) is 0 Å². The molecular weight excluding hydrogens is 377 g/mol. The third-order valence-electron chi connectivity index (χ3n) is 5.81. The average molecular weight is 402 g/mol. The normalized spacial score (nSPS) is 16.4. The Labute approximate surface area is 169 Å². The highest BCUT2D eigenvalue weighted by molar-refractivity contribution is 5.60. The highest BCUT2D eigenvalue weighted by atomic mass is 19.4. The predicted octanol–water partition coefficient (Wildman–Crippen LogP) is 6.46. The van der Waals surface area contributed by atoms with Crippen molar-refractivity contribution in [3.63, 3.8) is 0 Å². The summed E-state index contributed by atoms with van der Waals surface area (Å²) in [6, 6.07) is 6.55. The second-order valence-corrected chi connectivity index (χ2v) is 8.09. The average Bonchev–Trinajstić information content (AvgIpc) is 2.62. The van der Waals surface area contributed by atoms with E-state index in [9.17, 15) is 23.4 Å². The van der Waals surface area contributed by atoms with Gasteiger partial charge in [0, 0.05) is 5.57 Å². The van der Waals surface area contributed by atoms with Gasteiger partial charge in [-0.05, 0) is 74.4 Å². The standard InChI is InChI=1S/C24H25F3O2/c1-13-6-7-20(24(25,26)27)23(12-13,18-8-14(2)21(28)15(3)9-18)19-10-16(4)22(29)17(5)11-19/h6-11,28-29H,12H2,1-5H3. The van der Waals surface area contributed by atoms with E-state index < -0.39 is 17.2 Å². The molecule has 0 aromatic heterocycles. The van der Waals surface area contributed by atoms with Crippen LogP contribution >= 0.6 is 0 Å². The number of rotatable bonds is 2. The number of hydrogen-bond acceptors (Lipinski definition) is 2. The minimum Gasteiger partial charge on any atom is -0.507 e. The Bertz CT molecular complexity index is 939. The Morgan fingerprint density at radius 3 is 1.45 bits per heavy atom. The molecule has 2 N–H and O–H groups in total. The maximum Gasteiger partial charge on any atom is 0.413 e. The topological polar surface area (TPSA) is 40.5 Å². The van der Waals surface area contributed by atoms with Gasteiger partial charge < -0.3 is 10.2 Å². The summed E-state index contributed by atoms with van der Waals surface area (Å²) in [5, 5.41) is 20.4. The van der Waals surface area contributed by atoms with Gasteiger partial charge in [-0.2, -0.15) is 13.2 Å². The van der Waals surface area contributed by atoms with Crippen molar-refractivity contribution < 1.29 is 23.4 Å². The van der Waals surface area contributed by atoms with Crippen LogP contribution in [0.2, 0.25) is 0 Å². The van der Waals surface area contributed by atoms with Crippen molar-refractivity contribution in [2.75, 3.05) is 0 Å². The molecule has 29 heavy (non-hydrogen) atoms. The first-order valence-corrected chi connectivity index (χ1v) is 9.44. The Kier molecular flexibility index (Phi) is 5.06. The Morgan fingerprint density at radius 2 is 1.10 bits per heavy atom. The first-order chi connectivity index (χ1) is 13.4. The van der Waals surface area contributed by atoms with E-state index >= 15 is 0 Å². The van der Waals surface area contributed by atoms with Gasteiger partial charge in [-0.1, -0.05) is 42.0 Å². The van der Waals surface area contributed by atoms with E-state index in [4.69, 9.17) is 0 Å². The van der Waals surface area contributed by atoms with E-state index in [2.05, 4.69) is 0 Å². The van der Waals surface area contributed by atoms with E-state index in [0.717, 1.165) is 11.6 Å². The Morgan fingerprint density at radius 1 is 0.724 bits per heavy atom. The maximum atomic E-state index is 14.3. The number of hydrogen-bond donors (Lipinski definition) is 2. The van der Waals surface area contributed by atoms with Crippen molar-refractivity contribution in [2.45, 2.75) is 52.6 Å². The molecule has 0 saturated carbocycles. The van der Waals surface area contributed by atoms with Gasteiger partial charge in [-0.3, -0.25) is 0 Å². The first-order valence-electron chi connectivity index (χ1n) is 9.44. The lowest BCUT2D eigenvalue weighted by atomic mass is 9.62. The first kappa shape index (κ1) is 21.0. The molecule has 0 amide bonds. The molecule has 0 bridgehead atoms.